The highest BCUT2D eigenvalue weighted by atomic mass is 16.1. The molecule has 0 amide bonds. The van der Waals surface area contributed by atoms with Crippen LogP contribution in [0.5, 0.6) is 0 Å². The van der Waals surface area contributed by atoms with Gasteiger partial charge in [0.25, 0.3) is 5.56 Å². The van der Waals surface area contributed by atoms with Gasteiger partial charge in [0, 0.05) is 87.7 Å². The number of aromatic nitrogens is 10. The topological polar surface area (TPSA) is 144 Å². The Bertz CT molecular complexity index is 3990. The number of H-pyrrole nitrogens is 2. The minimum Gasteiger partial charge on any atom is -0.361 e. The van der Waals surface area contributed by atoms with Crippen molar-refractivity contribution in [2.75, 3.05) is 0 Å². The van der Waals surface area contributed by atoms with Crippen LogP contribution in [0.2, 0.25) is 0 Å². The van der Waals surface area contributed by atoms with Crippen LogP contribution in [0.15, 0.2) is 188 Å². The number of hydrogen-bond acceptors (Lipinski definition) is 8. The average molecular weight is 837 g/mol. The molecule has 0 saturated heterocycles. The van der Waals surface area contributed by atoms with E-state index >= 15 is 4.79 Å². The van der Waals surface area contributed by atoms with Crippen LogP contribution in [-0.4, -0.2) is 49.7 Å². The predicted octanol–water partition coefficient (Wildman–Crippen LogP) is 11.5. The molecule has 0 aliphatic rings. The molecule has 0 radical (unpaired) electrons. The Morgan fingerprint density at radius 1 is 0.462 bits per heavy atom. The molecule has 7 heterocycles. The molecule has 0 saturated carbocycles. The van der Waals surface area contributed by atoms with Gasteiger partial charge in [0.15, 0.2) is 11.6 Å². The largest absolute Gasteiger partial charge is 0.361 e. The van der Waals surface area contributed by atoms with Crippen LogP contribution in [0.25, 0.3) is 128 Å². The zero-order chi connectivity index (χ0) is 43.0. The summed E-state index contributed by atoms with van der Waals surface area (Å²) in [5.41, 5.74) is 7.38. The van der Waals surface area contributed by atoms with Crippen molar-refractivity contribution in [3.8, 4) is 73.5 Å². The molecule has 0 aliphatic carbocycles. The molecular weight excluding hydrogens is 805 g/mol. The number of pyridine rings is 2. The van der Waals surface area contributed by atoms with E-state index in [0.717, 1.165) is 43.4 Å². The summed E-state index contributed by atoms with van der Waals surface area (Å²) in [5, 5.41) is 17.5. The van der Waals surface area contributed by atoms with Crippen LogP contribution >= 0.6 is 0 Å². The number of para-hydroxylation sites is 1. The highest BCUT2D eigenvalue weighted by molar-refractivity contribution is 6.29. The van der Waals surface area contributed by atoms with E-state index in [-0.39, 0.29) is 16.9 Å². The van der Waals surface area contributed by atoms with Crippen LogP contribution in [0, 0.1) is 0 Å². The number of benzene rings is 6. The lowest BCUT2D eigenvalue weighted by Gasteiger charge is -2.27. The second-order valence-corrected chi connectivity index (χ2v) is 15.9. The molecular formula is C54H32N10O. The molecule has 0 aliphatic heterocycles. The first-order chi connectivity index (χ1) is 32.2. The van der Waals surface area contributed by atoms with Gasteiger partial charge < -0.3 is 9.97 Å². The van der Waals surface area contributed by atoms with Gasteiger partial charge in [-0.25, -0.2) is 19.9 Å². The minimum atomic E-state index is -0.339. The summed E-state index contributed by atoms with van der Waals surface area (Å²) in [6.45, 7) is 0. The minimum absolute atomic E-state index is 0.266. The van der Waals surface area contributed by atoms with Gasteiger partial charge in [0.2, 0.25) is 0 Å². The Balaban J connectivity index is 1.37. The number of fused-ring (bicyclic) bond motifs is 2. The van der Waals surface area contributed by atoms with E-state index in [9.17, 15) is 0 Å². The predicted molar refractivity (Wildman–Crippen MR) is 257 cm³/mol. The zero-order valence-corrected chi connectivity index (χ0v) is 34.3. The fraction of sp³-hybridized carbons (Fsp3) is 0. The molecule has 0 spiro atoms. The molecule has 13 aromatic rings. The normalized spacial score (nSPS) is 11.8. The van der Waals surface area contributed by atoms with Crippen molar-refractivity contribution in [3.05, 3.63) is 193 Å². The monoisotopic (exact) mass is 836 g/mol. The Morgan fingerprint density at radius 3 is 1.98 bits per heavy atom. The van der Waals surface area contributed by atoms with Crippen LogP contribution in [0.1, 0.15) is 0 Å². The summed E-state index contributed by atoms with van der Waals surface area (Å²) >= 11 is 0. The van der Waals surface area contributed by atoms with E-state index in [4.69, 9.17) is 30.0 Å². The number of aromatic amines is 2. The van der Waals surface area contributed by atoms with Gasteiger partial charge >= 0.3 is 0 Å². The van der Waals surface area contributed by atoms with Gasteiger partial charge in [-0.15, -0.1) is 0 Å². The van der Waals surface area contributed by atoms with Crippen LogP contribution in [0.4, 0.5) is 0 Å². The summed E-state index contributed by atoms with van der Waals surface area (Å²) in [7, 11) is 0. The van der Waals surface area contributed by atoms with Gasteiger partial charge in [-0.3, -0.25) is 14.3 Å². The maximum absolute atomic E-state index is 16.3. The first-order valence-electron chi connectivity index (χ1n) is 21.2. The molecule has 65 heavy (non-hydrogen) atoms. The van der Waals surface area contributed by atoms with Crippen molar-refractivity contribution in [2.24, 2.45) is 0 Å². The number of nitrogens with one attached hydrogen (secondary N) is 2. The van der Waals surface area contributed by atoms with Crippen molar-refractivity contribution in [2.45, 2.75) is 0 Å². The van der Waals surface area contributed by atoms with Gasteiger partial charge in [0.05, 0.1) is 28.0 Å². The lowest BCUT2D eigenvalue weighted by atomic mass is 9.80. The first-order valence-corrected chi connectivity index (χ1v) is 21.2. The van der Waals surface area contributed by atoms with E-state index in [0.29, 0.717) is 67.4 Å². The highest BCUT2D eigenvalue weighted by Crippen LogP contribution is 2.54. The van der Waals surface area contributed by atoms with Crippen LogP contribution in [0.3, 0.4) is 0 Å². The third kappa shape index (κ3) is 5.55. The second kappa shape index (κ2) is 14.4. The Morgan fingerprint density at radius 2 is 1.20 bits per heavy atom. The Hall–Kier alpha value is -9.22. The lowest BCUT2D eigenvalue weighted by Crippen LogP contribution is -2.24. The average Bonchev–Trinajstić information content (AvgIpc) is 4.12. The molecule has 0 bridgehead atoms. The number of rotatable bonds is 7. The maximum Gasteiger partial charge on any atom is 0.268 e. The maximum atomic E-state index is 16.3. The van der Waals surface area contributed by atoms with Gasteiger partial charge in [-0.1, -0.05) is 78.9 Å². The fourth-order valence-corrected chi connectivity index (χ4v) is 9.72. The van der Waals surface area contributed by atoms with Crippen molar-refractivity contribution < 1.29 is 0 Å². The SMILES string of the molecule is O=c1c(-c2ncc3ccccc3n2)c(-c2ccc[nH]2)c2c(-c3ncccn3)c(-c3ccccn3)c(-c3cccnn3)c(-c3ccc4ccc5cccc6ccc3c4c56)c2n1-c1ccc[nH]1. The highest BCUT2D eigenvalue weighted by Gasteiger charge is 2.34. The Labute approximate surface area is 369 Å². The lowest BCUT2D eigenvalue weighted by molar-refractivity contribution is 0.996. The quantitative estimate of drug-likeness (QED) is 0.151. The fourth-order valence-electron chi connectivity index (χ4n) is 9.72. The van der Waals surface area contributed by atoms with E-state index in [1.807, 2.05) is 91.3 Å². The van der Waals surface area contributed by atoms with Crippen molar-refractivity contribution in [1.82, 2.24) is 49.7 Å². The standard InChI is InChI=1S/C54H32N10O/c65-54-50(53-60-30-34-10-1-2-13-37(34)62-53)46(39-15-6-25-56-39)48-49(52-58-27-9-28-59-52)45(38-14-3-4-24-55-38)47(40-16-7-29-61-63-40)44(51(48)64(54)41-17-8-26-57-41)36-23-21-33-19-18-31-11-5-12-32-20-22-35(36)43(33)42(31)32/h1-30,56-57H. The molecule has 7 aromatic heterocycles. The van der Waals surface area contributed by atoms with Crippen molar-refractivity contribution in [1.29, 1.82) is 0 Å². The molecule has 0 fully saturated rings. The van der Waals surface area contributed by atoms with E-state index in [1.165, 1.54) is 5.39 Å². The van der Waals surface area contributed by atoms with E-state index < -0.39 is 0 Å². The summed E-state index contributed by atoms with van der Waals surface area (Å²) in [5.74, 6) is 1.22. The molecule has 11 heteroatoms. The molecule has 13 rings (SSSR count). The molecule has 0 atom stereocenters. The molecule has 11 nitrogen and oxygen atoms in total. The summed E-state index contributed by atoms with van der Waals surface area (Å²) in [6.07, 6.45) is 12.4. The van der Waals surface area contributed by atoms with Crippen LogP contribution < -0.4 is 5.56 Å². The molecule has 0 unspecified atom stereocenters. The molecule has 6 aromatic carbocycles. The third-order valence-electron chi connectivity index (χ3n) is 12.4. The smallest absolute Gasteiger partial charge is 0.268 e. The molecule has 2 N–H and O–H groups in total. The number of hydrogen-bond donors (Lipinski definition) is 2. The van der Waals surface area contributed by atoms with E-state index in [1.54, 1.807) is 41.6 Å². The summed E-state index contributed by atoms with van der Waals surface area (Å²) in [4.78, 5) is 48.3. The van der Waals surface area contributed by atoms with Gasteiger partial charge in [-0.05, 0) is 98.5 Å². The van der Waals surface area contributed by atoms with Crippen molar-refractivity contribution >= 4 is 54.1 Å². The molecule has 304 valence electrons. The van der Waals surface area contributed by atoms with E-state index in [2.05, 4.69) is 69.7 Å². The summed E-state index contributed by atoms with van der Waals surface area (Å²) in [6, 6.07) is 46.4. The van der Waals surface area contributed by atoms with Gasteiger partial charge in [-0.2, -0.15) is 10.2 Å². The second-order valence-electron chi connectivity index (χ2n) is 15.9. The zero-order valence-electron chi connectivity index (χ0n) is 34.3. The first kappa shape index (κ1) is 36.4. The number of nitrogens with zero attached hydrogens (tertiary/aromatic N) is 8. The summed E-state index contributed by atoms with van der Waals surface area (Å²) < 4.78 is 1.76. The van der Waals surface area contributed by atoms with Crippen molar-refractivity contribution in [3.63, 3.8) is 0 Å². The van der Waals surface area contributed by atoms with Gasteiger partial charge in [0.1, 0.15) is 5.82 Å². The van der Waals surface area contributed by atoms with Crippen LogP contribution in [-0.2, 0) is 0 Å². The Kier molecular flexibility index (Phi) is 8.09. The third-order valence-corrected chi connectivity index (χ3v) is 12.4.